The van der Waals surface area contributed by atoms with E-state index in [2.05, 4.69) is 0 Å². The van der Waals surface area contributed by atoms with Gasteiger partial charge in [0.25, 0.3) is 0 Å². The first-order valence-electron chi connectivity index (χ1n) is 8.57. The Kier molecular flexibility index (Phi) is 6.37. The molecule has 2 aromatic carbocycles. The van der Waals surface area contributed by atoms with Crippen LogP contribution >= 0.6 is 23.2 Å². The lowest BCUT2D eigenvalue weighted by atomic mass is 9.91. The Labute approximate surface area is 167 Å². The van der Waals surface area contributed by atoms with E-state index in [0.717, 1.165) is 11.1 Å². The van der Waals surface area contributed by atoms with Crippen LogP contribution in [0.2, 0.25) is 10.0 Å². The Morgan fingerprint density at radius 2 is 1.89 bits per heavy atom. The number of halogens is 2. The number of carboxylic acid groups (broad SMARTS) is 1. The Bertz CT molecular complexity index is 825. The summed E-state index contributed by atoms with van der Waals surface area (Å²) in [5.41, 5.74) is 1.75. The zero-order chi connectivity index (χ0) is 19.4. The summed E-state index contributed by atoms with van der Waals surface area (Å²) in [6, 6.07) is 14.1. The van der Waals surface area contributed by atoms with Crippen LogP contribution in [-0.4, -0.2) is 34.6 Å². The van der Waals surface area contributed by atoms with Gasteiger partial charge >= 0.3 is 5.97 Å². The van der Waals surface area contributed by atoms with Crippen LogP contribution in [0.15, 0.2) is 48.5 Å². The van der Waals surface area contributed by atoms with E-state index in [1.807, 2.05) is 24.3 Å². The molecule has 2 atom stereocenters. The molecule has 1 N–H and O–H groups in total. The van der Waals surface area contributed by atoms with Gasteiger partial charge in [-0.05, 0) is 41.8 Å². The quantitative estimate of drug-likeness (QED) is 0.773. The molecule has 0 aliphatic carbocycles. The molecule has 1 fully saturated rings. The van der Waals surface area contributed by atoms with E-state index in [1.54, 1.807) is 29.2 Å². The number of carbonyl (C=O) groups is 2. The van der Waals surface area contributed by atoms with Gasteiger partial charge in [0.1, 0.15) is 6.61 Å². The van der Waals surface area contributed by atoms with E-state index in [4.69, 9.17) is 33.0 Å². The van der Waals surface area contributed by atoms with Crippen molar-refractivity contribution >= 4 is 35.1 Å². The van der Waals surface area contributed by atoms with Crippen LogP contribution in [0.4, 0.5) is 0 Å². The lowest BCUT2D eigenvalue weighted by Crippen LogP contribution is -2.46. The summed E-state index contributed by atoms with van der Waals surface area (Å²) in [4.78, 5) is 25.4. The first kappa shape index (κ1) is 19.7. The molecular weight excluding hydrogens is 389 g/mol. The van der Waals surface area contributed by atoms with Crippen molar-refractivity contribution in [3.8, 4) is 0 Å². The average Bonchev–Trinajstić information content (AvgIpc) is 2.63. The van der Waals surface area contributed by atoms with E-state index >= 15 is 0 Å². The second kappa shape index (κ2) is 8.74. The molecular formula is C20H19Cl2NO4. The summed E-state index contributed by atoms with van der Waals surface area (Å²) >= 11 is 12.1. The second-order valence-corrected chi connectivity index (χ2v) is 7.30. The van der Waals surface area contributed by atoms with Gasteiger partial charge in [-0.25, -0.2) is 4.79 Å². The Morgan fingerprint density at radius 1 is 1.15 bits per heavy atom. The Hall–Kier alpha value is -2.08. The summed E-state index contributed by atoms with van der Waals surface area (Å²) in [6.45, 7) is -0.0369. The minimum Gasteiger partial charge on any atom is -0.480 e. The SMILES string of the molecule is O=C(O)CO[C@H]1CCC(=O)N(Cc2ccc(Cl)cc2)[C@@H]1c1cccc(Cl)c1. The molecule has 1 amide bonds. The molecule has 0 radical (unpaired) electrons. The number of amides is 1. The minimum absolute atomic E-state index is 0.00917. The monoisotopic (exact) mass is 407 g/mol. The van der Waals surface area contributed by atoms with E-state index < -0.39 is 24.7 Å². The van der Waals surface area contributed by atoms with Gasteiger partial charge in [0.15, 0.2) is 0 Å². The van der Waals surface area contributed by atoms with Crippen molar-refractivity contribution in [3.63, 3.8) is 0 Å². The number of ether oxygens (including phenoxy) is 1. The third-order valence-electron chi connectivity index (χ3n) is 4.53. The van der Waals surface area contributed by atoms with E-state index in [0.29, 0.717) is 29.4 Å². The van der Waals surface area contributed by atoms with Crippen molar-refractivity contribution in [2.24, 2.45) is 0 Å². The van der Waals surface area contributed by atoms with Crippen molar-refractivity contribution in [2.75, 3.05) is 6.61 Å². The van der Waals surface area contributed by atoms with E-state index in [1.165, 1.54) is 0 Å². The maximum absolute atomic E-state index is 12.7. The van der Waals surface area contributed by atoms with Crippen molar-refractivity contribution in [1.29, 1.82) is 0 Å². The molecule has 7 heteroatoms. The molecule has 2 aromatic rings. The van der Waals surface area contributed by atoms with Gasteiger partial charge in [0, 0.05) is 23.0 Å². The fourth-order valence-corrected chi connectivity index (χ4v) is 3.66. The molecule has 1 aliphatic rings. The number of rotatable bonds is 6. The number of nitrogens with zero attached hydrogens (tertiary/aromatic N) is 1. The van der Waals surface area contributed by atoms with Crippen LogP contribution in [0, 0.1) is 0 Å². The summed E-state index contributed by atoms with van der Waals surface area (Å²) in [6.07, 6.45) is 0.333. The number of piperidine rings is 1. The highest BCUT2D eigenvalue weighted by Crippen LogP contribution is 2.36. The summed E-state index contributed by atoms with van der Waals surface area (Å²) in [5.74, 6) is -1.05. The third kappa shape index (κ3) is 5.01. The lowest BCUT2D eigenvalue weighted by Gasteiger charge is -2.41. The highest BCUT2D eigenvalue weighted by atomic mass is 35.5. The van der Waals surface area contributed by atoms with Gasteiger partial charge in [-0.3, -0.25) is 4.79 Å². The number of hydrogen-bond donors (Lipinski definition) is 1. The molecule has 0 unspecified atom stereocenters. The number of benzene rings is 2. The van der Waals surface area contributed by atoms with Gasteiger partial charge in [-0.1, -0.05) is 47.5 Å². The second-order valence-electron chi connectivity index (χ2n) is 6.43. The van der Waals surface area contributed by atoms with Crippen molar-refractivity contribution in [2.45, 2.75) is 31.5 Å². The van der Waals surface area contributed by atoms with Gasteiger partial charge in [-0.2, -0.15) is 0 Å². The molecule has 3 rings (SSSR count). The fraction of sp³-hybridized carbons (Fsp3) is 0.300. The molecule has 27 heavy (non-hydrogen) atoms. The van der Waals surface area contributed by atoms with Crippen LogP contribution in [0.3, 0.4) is 0 Å². The van der Waals surface area contributed by atoms with Crippen molar-refractivity contribution in [1.82, 2.24) is 4.90 Å². The van der Waals surface area contributed by atoms with Crippen LogP contribution < -0.4 is 0 Å². The molecule has 5 nitrogen and oxygen atoms in total. The lowest BCUT2D eigenvalue weighted by molar-refractivity contribution is -0.154. The fourth-order valence-electron chi connectivity index (χ4n) is 3.33. The third-order valence-corrected chi connectivity index (χ3v) is 5.02. The molecule has 0 bridgehead atoms. The maximum Gasteiger partial charge on any atom is 0.329 e. The minimum atomic E-state index is -1.04. The standard InChI is InChI=1S/C20H19Cl2NO4/c21-15-6-4-13(5-7-15)11-23-18(24)9-8-17(27-12-19(25)26)20(23)14-2-1-3-16(22)10-14/h1-7,10,17,20H,8-9,11-12H2,(H,25,26)/t17-,20+/m0/s1. The highest BCUT2D eigenvalue weighted by molar-refractivity contribution is 6.30. The Morgan fingerprint density at radius 3 is 2.56 bits per heavy atom. The van der Waals surface area contributed by atoms with Gasteiger partial charge in [0.05, 0.1) is 12.1 Å². The smallest absolute Gasteiger partial charge is 0.329 e. The molecule has 1 heterocycles. The normalized spacial score (nSPS) is 19.9. The van der Waals surface area contributed by atoms with Gasteiger partial charge < -0.3 is 14.7 Å². The van der Waals surface area contributed by atoms with E-state index in [-0.39, 0.29) is 5.91 Å². The van der Waals surface area contributed by atoms with Crippen molar-refractivity contribution < 1.29 is 19.4 Å². The van der Waals surface area contributed by atoms with Gasteiger partial charge in [0.2, 0.25) is 5.91 Å². The number of hydrogen-bond acceptors (Lipinski definition) is 3. The average molecular weight is 408 g/mol. The predicted molar refractivity (Wildman–Crippen MR) is 103 cm³/mol. The van der Waals surface area contributed by atoms with Gasteiger partial charge in [-0.15, -0.1) is 0 Å². The number of aliphatic carboxylic acids is 1. The van der Waals surface area contributed by atoms with Crippen molar-refractivity contribution in [3.05, 3.63) is 69.7 Å². The first-order valence-corrected chi connectivity index (χ1v) is 9.32. The zero-order valence-electron chi connectivity index (χ0n) is 14.5. The molecule has 1 aliphatic heterocycles. The number of likely N-dealkylation sites (tertiary alicyclic amines) is 1. The van der Waals surface area contributed by atoms with Crippen LogP contribution in [0.25, 0.3) is 0 Å². The summed E-state index contributed by atoms with van der Waals surface area (Å²) < 4.78 is 5.63. The van der Waals surface area contributed by atoms with Crippen LogP contribution in [0.5, 0.6) is 0 Å². The predicted octanol–water partition coefficient (Wildman–Crippen LogP) is 4.33. The molecule has 0 spiro atoms. The molecule has 0 aromatic heterocycles. The molecule has 142 valence electrons. The summed E-state index contributed by atoms with van der Waals surface area (Å²) in [5, 5.41) is 10.2. The highest BCUT2D eigenvalue weighted by Gasteiger charge is 2.38. The molecule has 0 saturated carbocycles. The first-order chi connectivity index (χ1) is 12.9. The maximum atomic E-state index is 12.7. The van der Waals surface area contributed by atoms with E-state index in [9.17, 15) is 9.59 Å². The largest absolute Gasteiger partial charge is 0.480 e. The number of carbonyl (C=O) groups excluding carboxylic acids is 1. The zero-order valence-corrected chi connectivity index (χ0v) is 16.0. The number of carboxylic acids is 1. The summed E-state index contributed by atoms with van der Waals surface area (Å²) in [7, 11) is 0. The molecule has 1 saturated heterocycles. The van der Waals surface area contributed by atoms with Crippen LogP contribution in [0.1, 0.15) is 30.0 Å². The Balaban J connectivity index is 1.93. The van der Waals surface area contributed by atoms with Crippen LogP contribution in [-0.2, 0) is 20.9 Å². The topological polar surface area (TPSA) is 66.8 Å².